The van der Waals surface area contributed by atoms with Crippen molar-refractivity contribution in [2.75, 3.05) is 7.05 Å². The van der Waals surface area contributed by atoms with Crippen LogP contribution < -0.4 is 4.84 Å². The van der Waals surface area contributed by atoms with Crippen LogP contribution in [0.2, 0.25) is 0 Å². The molecule has 0 saturated heterocycles. The summed E-state index contributed by atoms with van der Waals surface area (Å²) in [5.74, 6) is 0.876. The summed E-state index contributed by atoms with van der Waals surface area (Å²) in [6.07, 6.45) is 4.17. The van der Waals surface area contributed by atoms with Crippen LogP contribution in [0.5, 0.6) is 5.75 Å². The summed E-state index contributed by atoms with van der Waals surface area (Å²) in [6, 6.07) is 14.7. The normalized spacial score (nSPS) is 17.2. The molecule has 0 aliphatic carbocycles. The molecule has 1 aliphatic heterocycles. The van der Waals surface area contributed by atoms with Gasteiger partial charge < -0.3 is 9.74 Å². The number of hydroxylamine groups is 2. The lowest BCUT2D eigenvalue weighted by atomic mass is 9.98. The van der Waals surface area contributed by atoms with E-state index < -0.39 is 0 Å². The quantitative estimate of drug-likeness (QED) is 0.838. The largest absolute Gasteiger partial charge is 0.377 e. The minimum absolute atomic E-state index is 0.187. The first-order chi connectivity index (χ1) is 10.6. The number of para-hydroxylation sites is 1. The minimum Gasteiger partial charge on any atom is -0.377 e. The molecule has 0 aromatic heterocycles. The van der Waals surface area contributed by atoms with Crippen LogP contribution in [0, 0.1) is 13.8 Å². The van der Waals surface area contributed by atoms with E-state index in [9.17, 15) is 0 Å². The van der Waals surface area contributed by atoms with Gasteiger partial charge in [-0.1, -0.05) is 42.0 Å². The Morgan fingerprint density at radius 1 is 0.955 bits per heavy atom. The van der Waals surface area contributed by atoms with Crippen molar-refractivity contribution in [3.05, 3.63) is 66.0 Å². The van der Waals surface area contributed by atoms with Crippen LogP contribution in [-0.2, 0) is 0 Å². The SMILES string of the molecule is Cc1ccc(-c2ccccc2ON2C=CN(C)C2C)c(C)c1. The molecular weight excluding hydrogens is 272 g/mol. The van der Waals surface area contributed by atoms with Gasteiger partial charge in [-0.15, -0.1) is 0 Å². The molecular formula is C19H22N2O. The zero-order valence-electron chi connectivity index (χ0n) is 13.6. The second-order valence-corrected chi connectivity index (χ2v) is 5.86. The fourth-order valence-electron chi connectivity index (χ4n) is 2.70. The lowest BCUT2D eigenvalue weighted by molar-refractivity contribution is -0.0617. The van der Waals surface area contributed by atoms with Crippen molar-refractivity contribution >= 4 is 0 Å². The van der Waals surface area contributed by atoms with E-state index in [1.807, 2.05) is 36.6 Å². The van der Waals surface area contributed by atoms with Gasteiger partial charge in [-0.3, -0.25) is 0 Å². The maximum Gasteiger partial charge on any atom is 0.163 e. The highest BCUT2D eigenvalue weighted by Crippen LogP contribution is 2.33. The third-order valence-electron chi connectivity index (χ3n) is 4.17. The van der Waals surface area contributed by atoms with Gasteiger partial charge >= 0.3 is 0 Å². The molecule has 1 heterocycles. The molecule has 0 fully saturated rings. The standard InChI is InChI=1S/C19H22N2O/c1-14-9-10-17(15(2)13-14)18-7-5-6-8-19(18)22-21-12-11-20(4)16(21)3/h5-13,16H,1-4H3. The average molecular weight is 294 g/mol. The van der Waals surface area contributed by atoms with Gasteiger partial charge in [0.1, 0.15) is 6.17 Å². The molecule has 1 aliphatic rings. The molecule has 3 nitrogen and oxygen atoms in total. The summed E-state index contributed by atoms with van der Waals surface area (Å²) in [7, 11) is 2.04. The van der Waals surface area contributed by atoms with E-state index >= 15 is 0 Å². The van der Waals surface area contributed by atoms with E-state index in [0.29, 0.717) is 0 Å². The summed E-state index contributed by atoms with van der Waals surface area (Å²) in [5, 5.41) is 1.88. The Morgan fingerprint density at radius 2 is 1.73 bits per heavy atom. The maximum absolute atomic E-state index is 6.13. The van der Waals surface area contributed by atoms with Gasteiger partial charge in [-0.25, -0.2) is 0 Å². The van der Waals surface area contributed by atoms with Crippen LogP contribution in [0.3, 0.4) is 0 Å². The van der Waals surface area contributed by atoms with Crippen LogP contribution in [-0.4, -0.2) is 23.2 Å². The zero-order chi connectivity index (χ0) is 15.7. The van der Waals surface area contributed by atoms with Crippen LogP contribution in [0.25, 0.3) is 11.1 Å². The van der Waals surface area contributed by atoms with Gasteiger partial charge in [-0.05, 0) is 38.0 Å². The Morgan fingerprint density at radius 3 is 2.41 bits per heavy atom. The predicted molar refractivity (Wildman–Crippen MR) is 90.2 cm³/mol. The first-order valence-corrected chi connectivity index (χ1v) is 7.59. The monoisotopic (exact) mass is 294 g/mol. The molecule has 114 valence electrons. The van der Waals surface area contributed by atoms with Crippen LogP contribution in [0.15, 0.2) is 54.9 Å². The van der Waals surface area contributed by atoms with E-state index in [4.69, 9.17) is 4.84 Å². The molecule has 2 aromatic carbocycles. The van der Waals surface area contributed by atoms with E-state index in [1.165, 1.54) is 16.7 Å². The molecule has 1 atom stereocenters. The summed E-state index contributed by atoms with van der Waals surface area (Å²) >= 11 is 0. The van der Waals surface area contributed by atoms with Crippen LogP contribution >= 0.6 is 0 Å². The molecule has 0 N–H and O–H groups in total. The van der Waals surface area contributed by atoms with Crippen molar-refractivity contribution in [1.82, 2.24) is 9.96 Å². The predicted octanol–water partition coefficient (Wildman–Crippen LogP) is 4.33. The van der Waals surface area contributed by atoms with E-state index in [-0.39, 0.29) is 6.17 Å². The topological polar surface area (TPSA) is 15.7 Å². The lowest BCUT2D eigenvalue weighted by Crippen LogP contribution is -2.35. The summed E-state index contributed by atoms with van der Waals surface area (Å²) < 4.78 is 0. The molecule has 0 amide bonds. The Balaban J connectivity index is 1.95. The van der Waals surface area contributed by atoms with E-state index in [2.05, 4.69) is 56.0 Å². The average Bonchev–Trinajstić information content (AvgIpc) is 2.80. The molecule has 0 spiro atoms. The highest BCUT2D eigenvalue weighted by Gasteiger charge is 2.21. The summed E-state index contributed by atoms with van der Waals surface area (Å²) in [6.45, 7) is 6.37. The number of hydrogen-bond donors (Lipinski definition) is 0. The van der Waals surface area contributed by atoms with Crippen LogP contribution in [0.4, 0.5) is 0 Å². The number of aryl methyl sites for hydroxylation is 2. The fourth-order valence-corrected chi connectivity index (χ4v) is 2.70. The fraction of sp³-hybridized carbons (Fsp3) is 0.263. The summed E-state index contributed by atoms with van der Waals surface area (Å²) in [4.78, 5) is 8.24. The number of benzene rings is 2. The van der Waals surface area contributed by atoms with Gasteiger partial charge in [0, 0.05) is 18.8 Å². The molecule has 3 rings (SSSR count). The molecule has 0 bridgehead atoms. The maximum atomic E-state index is 6.13. The van der Waals surface area contributed by atoms with Crippen molar-refractivity contribution in [3.8, 4) is 16.9 Å². The molecule has 0 saturated carbocycles. The molecule has 3 heteroatoms. The smallest absolute Gasteiger partial charge is 0.163 e. The Hall–Kier alpha value is -2.42. The third kappa shape index (κ3) is 2.67. The molecule has 2 aromatic rings. The van der Waals surface area contributed by atoms with Crippen molar-refractivity contribution in [1.29, 1.82) is 0 Å². The van der Waals surface area contributed by atoms with Crippen molar-refractivity contribution in [2.45, 2.75) is 26.9 Å². The number of hydrogen-bond acceptors (Lipinski definition) is 3. The van der Waals surface area contributed by atoms with Gasteiger partial charge in [0.15, 0.2) is 5.75 Å². The van der Waals surface area contributed by atoms with Gasteiger partial charge in [0.2, 0.25) is 0 Å². The Kier molecular flexibility index (Phi) is 3.80. The van der Waals surface area contributed by atoms with Gasteiger partial charge in [-0.2, -0.15) is 5.06 Å². The molecule has 22 heavy (non-hydrogen) atoms. The molecule has 0 radical (unpaired) electrons. The van der Waals surface area contributed by atoms with Crippen molar-refractivity contribution < 1.29 is 4.84 Å². The Bertz CT molecular complexity index is 708. The first-order valence-electron chi connectivity index (χ1n) is 7.59. The second-order valence-electron chi connectivity index (χ2n) is 5.86. The lowest BCUT2D eigenvalue weighted by Gasteiger charge is -2.27. The van der Waals surface area contributed by atoms with E-state index in [0.717, 1.165) is 11.3 Å². The summed E-state index contributed by atoms with van der Waals surface area (Å²) in [5.41, 5.74) is 4.87. The minimum atomic E-state index is 0.187. The first kappa shape index (κ1) is 14.5. The highest BCUT2D eigenvalue weighted by molar-refractivity contribution is 5.73. The zero-order valence-corrected chi connectivity index (χ0v) is 13.6. The van der Waals surface area contributed by atoms with Crippen LogP contribution in [0.1, 0.15) is 18.1 Å². The Labute approximate surface area is 132 Å². The molecule has 1 unspecified atom stereocenters. The second kappa shape index (κ2) is 5.76. The third-order valence-corrected chi connectivity index (χ3v) is 4.17. The number of nitrogens with zero attached hydrogens (tertiary/aromatic N) is 2. The van der Waals surface area contributed by atoms with Gasteiger partial charge in [0.05, 0.1) is 6.20 Å². The van der Waals surface area contributed by atoms with Crippen molar-refractivity contribution in [2.24, 2.45) is 0 Å². The van der Waals surface area contributed by atoms with Crippen molar-refractivity contribution in [3.63, 3.8) is 0 Å². The highest BCUT2D eigenvalue weighted by atomic mass is 16.7. The van der Waals surface area contributed by atoms with E-state index in [1.54, 1.807) is 0 Å². The van der Waals surface area contributed by atoms with Gasteiger partial charge in [0.25, 0.3) is 0 Å². The number of rotatable bonds is 3.